The molecule has 0 saturated heterocycles. The molecule has 0 radical (unpaired) electrons. The molecule has 148 valence electrons. The minimum Gasteiger partial charge on any atom is -0.283 e. The van der Waals surface area contributed by atoms with Gasteiger partial charge in [0.1, 0.15) is 0 Å². The molecule has 29 heavy (non-hydrogen) atoms. The minimum atomic E-state index is -1.17. The van der Waals surface area contributed by atoms with Crippen LogP contribution in [0.4, 0.5) is 0 Å². The lowest BCUT2D eigenvalue weighted by molar-refractivity contribution is 0.686. The standard InChI is InChI=1S/C21H18ClN3O2S2/c1-13-10-11-25-20(15-6-9-18(29(3)27)17(22)12-15)19(24-21(25)23-13)14-4-7-16(8-5-14)28(2)26/h4-12H,1-3H3. The first-order valence-corrected chi connectivity index (χ1v) is 12.3. The lowest BCUT2D eigenvalue weighted by Gasteiger charge is -2.09. The van der Waals surface area contributed by atoms with Gasteiger partial charge in [-0.25, -0.2) is 9.97 Å². The Morgan fingerprint density at radius 3 is 2.21 bits per heavy atom. The summed E-state index contributed by atoms with van der Waals surface area (Å²) in [7, 11) is -2.22. The average Bonchev–Trinajstić information content (AvgIpc) is 3.06. The van der Waals surface area contributed by atoms with Crippen molar-refractivity contribution in [1.29, 1.82) is 0 Å². The van der Waals surface area contributed by atoms with Crippen LogP contribution in [0, 0.1) is 6.92 Å². The highest BCUT2D eigenvalue weighted by atomic mass is 35.5. The predicted molar refractivity (Wildman–Crippen MR) is 118 cm³/mol. The molecule has 0 saturated carbocycles. The van der Waals surface area contributed by atoms with E-state index in [-0.39, 0.29) is 0 Å². The maximum absolute atomic E-state index is 11.9. The summed E-state index contributed by atoms with van der Waals surface area (Å²) in [6, 6.07) is 14.9. The van der Waals surface area contributed by atoms with Gasteiger partial charge in [0.05, 0.1) is 32.1 Å². The number of halogens is 1. The Balaban J connectivity index is 1.97. The number of hydrogen-bond donors (Lipinski definition) is 0. The molecule has 5 nitrogen and oxygen atoms in total. The molecule has 2 atom stereocenters. The van der Waals surface area contributed by atoms with Gasteiger partial charge < -0.3 is 0 Å². The van der Waals surface area contributed by atoms with Crippen LogP contribution in [-0.2, 0) is 21.6 Å². The van der Waals surface area contributed by atoms with Crippen LogP contribution in [0.3, 0.4) is 0 Å². The minimum absolute atomic E-state index is 0.445. The second-order valence-electron chi connectivity index (χ2n) is 6.63. The third-order valence-electron chi connectivity index (χ3n) is 4.61. The summed E-state index contributed by atoms with van der Waals surface area (Å²) in [5.41, 5.74) is 4.19. The van der Waals surface area contributed by atoms with E-state index in [1.165, 1.54) is 0 Å². The van der Waals surface area contributed by atoms with E-state index < -0.39 is 21.6 Å². The van der Waals surface area contributed by atoms with Crippen molar-refractivity contribution in [2.45, 2.75) is 16.7 Å². The first-order valence-electron chi connectivity index (χ1n) is 8.78. The van der Waals surface area contributed by atoms with Crippen LogP contribution in [0.2, 0.25) is 5.02 Å². The molecule has 2 unspecified atom stereocenters. The van der Waals surface area contributed by atoms with Gasteiger partial charge in [0.2, 0.25) is 5.78 Å². The second kappa shape index (κ2) is 7.82. The summed E-state index contributed by atoms with van der Waals surface area (Å²) in [6.07, 6.45) is 5.19. The first kappa shape index (κ1) is 19.9. The van der Waals surface area contributed by atoms with Crippen LogP contribution in [0.15, 0.2) is 64.5 Å². The van der Waals surface area contributed by atoms with E-state index in [9.17, 15) is 8.42 Å². The van der Waals surface area contributed by atoms with Gasteiger partial charge in [-0.3, -0.25) is 12.8 Å². The molecule has 4 rings (SSSR count). The van der Waals surface area contributed by atoms with Crippen molar-refractivity contribution in [2.24, 2.45) is 0 Å². The van der Waals surface area contributed by atoms with E-state index in [2.05, 4.69) is 4.98 Å². The number of hydrogen-bond acceptors (Lipinski definition) is 4. The summed E-state index contributed by atoms with van der Waals surface area (Å²) < 4.78 is 25.5. The molecule has 0 fully saturated rings. The lowest BCUT2D eigenvalue weighted by Crippen LogP contribution is -1.94. The third-order valence-corrected chi connectivity index (χ3v) is 6.94. The zero-order valence-electron chi connectivity index (χ0n) is 16.0. The molecule has 2 heterocycles. The fourth-order valence-corrected chi connectivity index (χ4v) is 4.80. The van der Waals surface area contributed by atoms with Gasteiger partial charge in [0.15, 0.2) is 0 Å². The smallest absolute Gasteiger partial charge is 0.235 e. The van der Waals surface area contributed by atoms with Gasteiger partial charge in [-0.05, 0) is 37.3 Å². The fraction of sp³-hybridized carbons (Fsp3) is 0.143. The molecule has 0 aliphatic rings. The Hall–Kier alpha value is -2.35. The van der Waals surface area contributed by atoms with Gasteiger partial charge in [-0.15, -0.1) is 0 Å². The van der Waals surface area contributed by atoms with Gasteiger partial charge in [-0.2, -0.15) is 0 Å². The van der Waals surface area contributed by atoms with E-state index >= 15 is 0 Å². The summed E-state index contributed by atoms with van der Waals surface area (Å²) in [5.74, 6) is 0.581. The third kappa shape index (κ3) is 3.77. The Morgan fingerprint density at radius 2 is 1.59 bits per heavy atom. The molecule has 2 aromatic carbocycles. The Bertz CT molecular complexity index is 1280. The van der Waals surface area contributed by atoms with Crippen LogP contribution in [0.25, 0.3) is 28.3 Å². The van der Waals surface area contributed by atoms with Gasteiger partial charge >= 0.3 is 0 Å². The lowest BCUT2D eigenvalue weighted by atomic mass is 10.0. The highest BCUT2D eigenvalue weighted by Crippen LogP contribution is 2.35. The van der Waals surface area contributed by atoms with Crippen LogP contribution < -0.4 is 0 Å². The zero-order valence-corrected chi connectivity index (χ0v) is 18.4. The highest BCUT2D eigenvalue weighted by molar-refractivity contribution is 7.84. The first-order chi connectivity index (χ1) is 13.8. The van der Waals surface area contributed by atoms with Crippen molar-refractivity contribution in [3.05, 3.63) is 65.4 Å². The summed E-state index contributed by atoms with van der Waals surface area (Å²) in [5, 5.41) is 0.445. The quantitative estimate of drug-likeness (QED) is 0.465. The number of aryl methyl sites for hydroxylation is 1. The summed E-state index contributed by atoms with van der Waals surface area (Å²) >= 11 is 6.40. The monoisotopic (exact) mass is 443 g/mol. The molecule has 0 aliphatic carbocycles. The Morgan fingerprint density at radius 1 is 0.897 bits per heavy atom. The maximum atomic E-state index is 11.9. The van der Waals surface area contributed by atoms with Gasteiger partial charge in [0, 0.05) is 51.2 Å². The van der Waals surface area contributed by atoms with Crippen molar-refractivity contribution < 1.29 is 8.42 Å². The molecular formula is C21H18ClN3O2S2. The largest absolute Gasteiger partial charge is 0.283 e. The SMILES string of the molecule is Cc1ccn2c(-c3ccc(S(C)=O)c(Cl)c3)c(-c3ccc(S(C)=O)cc3)nc2n1. The number of benzene rings is 2. The number of imidazole rings is 1. The fourth-order valence-electron chi connectivity index (χ4n) is 3.18. The summed E-state index contributed by atoms with van der Waals surface area (Å²) in [6.45, 7) is 1.92. The topological polar surface area (TPSA) is 64.3 Å². The van der Waals surface area contributed by atoms with E-state index in [4.69, 9.17) is 16.6 Å². The Kier molecular flexibility index (Phi) is 5.38. The van der Waals surface area contributed by atoms with Gasteiger partial charge in [0.25, 0.3) is 0 Å². The van der Waals surface area contributed by atoms with E-state index in [0.717, 1.165) is 33.1 Å². The van der Waals surface area contributed by atoms with Crippen molar-refractivity contribution in [1.82, 2.24) is 14.4 Å². The molecule has 4 aromatic rings. The molecule has 0 aliphatic heterocycles. The van der Waals surface area contributed by atoms with Crippen molar-refractivity contribution in [3.8, 4) is 22.5 Å². The van der Waals surface area contributed by atoms with Crippen molar-refractivity contribution in [2.75, 3.05) is 12.5 Å². The van der Waals surface area contributed by atoms with Crippen LogP contribution in [-0.4, -0.2) is 35.3 Å². The number of fused-ring (bicyclic) bond motifs is 1. The predicted octanol–water partition coefficient (Wildman–Crippen LogP) is 4.50. The molecule has 0 bridgehead atoms. The average molecular weight is 444 g/mol. The molecule has 8 heteroatoms. The molecular weight excluding hydrogens is 426 g/mol. The molecule has 0 N–H and O–H groups in total. The van der Waals surface area contributed by atoms with Crippen molar-refractivity contribution >= 4 is 39.0 Å². The number of rotatable bonds is 4. The van der Waals surface area contributed by atoms with Crippen LogP contribution in [0.5, 0.6) is 0 Å². The summed E-state index contributed by atoms with van der Waals surface area (Å²) in [4.78, 5) is 10.6. The van der Waals surface area contributed by atoms with Crippen LogP contribution in [0.1, 0.15) is 5.69 Å². The van der Waals surface area contributed by atoms with E-state index in [1.54, 1.807) is 24.6 Å². The van der Waals surface area contributed by atoms with E-state index in [1.807, 2.05) is 53.9 Å². The van der Waals surface area contributed by atoms with Crippen LogP contribution >= 0.6 is 11.6 Å². The normalized spacial score (nSPS) is 13.5. The molecule has 2 aromatic heterocycles. The second-order valence-corrected chi connectivity index (χ2v) is 9.76. The molecule has 0 spiro atoms. The number of aromatic nitrogens is 3. The van der Waals surface area contributed by atoms with Crippen molar-refractivity contribution in [3.63, 3.8) is 0 Å². The van der Waals surface area contributed by atoms with E-state index in [0.29, 0.717) is 15.7 Å². The molecule has 0 amide bonds. The van der Waals surface area contributed by atoms with Gasteiger partial charge in [-0.1, -0.05) is 29.8 Å². The number of nitrogens with zero attached hydrogens (tertiary/aromatic N) is 3. The zero-order chi connectivity index (χ0) is 20.7. The maximum Gasteiger partial charge on any atom is 0.235 e. The Labute approximate surface area is 178 Å². The highest BCUT2D eigenvalue weighted by Gasteiger charge is 2.18.